The van der Waals surface area contributed by atoms with Crippen molar-refractivity contribution in [2.24, 2.45) is 0 Å². The number of fused-ring (bicyclic) bond motifs is 1. The maximum absolute atomic E-state index is 6.09. The zero-order valence-corrected chi connectivity index (χ0v) is 12.8. The van der Waals surface area contributed by atoms with E-state index in [0.29, 0.717) is 0 Å². The van der Waals surface area contributed by atoms with Crippen LogP contribution in [0.1, 0.15) is 24.2 Å². The van der Waals surface area contributed by atoms with Gasteiger partial charge in [-0.25, -0.2) is 0 Å². The van der Waals surface area contributed by atoms with Gasteiger partial charge in [0.15, 0.2) is 0 Å². The maximum Gasteiger partial charge on any atom is 0.110 e. The van der Waals surface area contributed by atoms with Gasteiger partial charge in [-0.2, -0.15) is 0 Å². The number of hydrogen-bond acceptors (Lipinski definition) is 2. The van der Waals surface area contributed by atoms with Crippen molar-refractivity contribution in [3.05, 3.63) is 83.9 Å². The van der Waals surface area contributed by atoms with Crippen molar-refractivity contribution in [1.29, 1.82) is 0 Å². The third kappa shape index (κ3) is 3.12. The molecule has 0 aliphatic rings. The van der Waals surface area contributed by atoms with Crippen molar-refractivity contribution in [1.82, 2.24) is 0 Å². The molecule has 3 rings (SSSR count). The first-order chi connectivity index (χ1) is 10.3. The monoisotopic (exact) mass is 294 g/mol. The summed E-state index contributed by atoms with van der Waals surface area (Å²) in [5, 5.41) is 2.45. The highest BCUT2D eigenvalue weighted by molar-refractivity contribution is 7.80. The van der Waals surface area contributed by atoms with Crippen LogP contribution in [-0.4, -0.2) is 5.44 Å². The lowest BCUT2D eigenvalue weighted by Gasteiger charge is -2.22. The molecule has 3 aromatic rings. The molecule has 0 spiro atoms. The Labute approximate surface area is 131 Å². The van der Waals surface area contributed by atoms with E-state index in [1.54, 1.807) is 0 Å². The summed E-state index contributed by atoms with van der Waals surface area (Å²) in [5.41, 5.74) is 2.20. The molecule has 0 aliphatic heterocycles. The van der Waals surface area contributed by atoms with Gasteiger partial charge in [0.1, 0.15) is 6.10 Å². The number of hydrogen-bond donors (Lipinski definition) is 1. The molecule has 21 heavy (non-hydrogen) atoms. The second kappa shape index (κ2) is 6.33. The molecule has 0 aliphatic carbocycles. The lowest BCUT2D eigenvalue weighted by atomic mass is 9.96. The van der Waals surface area contributed by atoms with Gasteiger partial charge >= 0.3 is 0 Å². The molecule has 0 aromatic heterocycles. The average molecular weight is 294 g/mol. The van der Waals surface area contributed by atoms with Crippen LogP contribution in [0.3, 0.4) is 0 Å². The van der Waals surface area contributed by atoms with Crippen molar-refractivity contribution in [2.45, 2.75) is 18.5 Å². The fourth-order valence-electron chi connectivity index (χ4n) is 2.64. The SMILES string of the molecule is CC(S)OC(c1ccccc1)c1cccc2ccccc12. The summed E-state index contributed by atoms with van der Waals surface area (Å²) in [5.74, 6) is 0. The van der Waals surface area contributed by atoms with Crippen LogP contribution in [0, 0.1) is 0 Å². The molecule has 0 N–H and O–H groups in total. The normalized spacial score (nSPS) is 14.0. The summed E-state index contributed by atoms with van der Waals surface area (Å²) in [6.45, 7) is 1.95. The standard InChI is InChI=1S/C19H18OS/c1-14(21)20-19(16-9-3-2-4-10-16)18-13-7-11-15-8-5-6-12-17(15)18/h2-14,19,21H,1H3. The van der Waals surface area contributed by atoms with E-state index in [0.717, 1.165) is 5.56 Å². The predicted molar refractivity (Wildman–Crippen MR) is 91.8 cm³/mol. The third-order valence-corrected chi connectivity index (χ3v) is 3.66. The largest absolute Gasteiger partial charge is 0.355 e. The van der Waals surface area contributed by atoms with Gasteiger partial charge in [0.25, 0.3) is 0 Å². The Morgan fingerprint density at radius 3 is 2.24 bits per heavy atom. The highest BCUT2D eigenvalue weighted by Gasteiger charge is 2.18. The summed E-state index contributed by atoms with van der Waals surface area (Å²) in [6.07, 6.45) is -0.107. The van der Waals surface area contributed by atoms with E-state index in [4.69, 9.17) is 4.74 Å². The quantitative estimate of drug-likeness (QED) is 0.512. The minimum atomic E-state index is -0.130. The van der Waals surface area contributed by atoms with Gasteiger partial charge in [0.2, 0.25) is 0 Å². The zero-order valence-electron chi connectivity index (χ0n) is 11.9. The lowest BCUT2D eigenvalue weighted by molar-refractivity contribution is 0.0722. The van der Waals surface area contributed by atoms with E-state index in [1.807, 2.05) is 25.1 Å². The van der Waals surface area contributed by atoms with E-state index in [2.05, 4.69) is 67.2 Å². The summed E-state index contributed by atoms with van der Waals surface area (Å²) >= 11 is 4.41. The van der Waals surface area contributed by atoms with Crippen LogP contribution in [0.15, 0.2) is 72.8 Å². The second-order valence-corrected chi connectivity index (χ2v) is 5.82. The van der Waals surface area contributed by atoms with Crippen molar-refractivity contribution in [2.75, 3.05) is 0 Å². The van der Waals surface area contributed by atoms with Crippen molar-refractivity contribution in [3.8, 4) is 0 Å². The molecule has 2 unspecified atom stereocenters. The first-order valence-corrected chi connectivity index (χ1v) is 7.63. The highest BCUT2D eigenvalue weighted by atomic mass is 32.1. The molecule has 0 radical (unpaired) electrons. The van der Waals surface area contributed by atoms with Gasteiger partial charge < -0.3 is 4.74 Å². The van der Waals surface area contributed by atoms with Gasteiger partial charge in [0, 0.05) is 0 Å². The molecule has 0 amide bonds. The van der Waals surface area contributed by atoms with Crippen LogP contribution in [0.25, 0.3) is 10.8 Å². The Balaban J connectivity index is 2.15. The molecule has 106 valence electrons. The number of rotatable bonds is 4. The van der Waals surface area contributed by atoms with Crippen LogP contribution in [0.2, 0.25) is 0 Å². The Bertz CT molecular complexity index is 716. The summed E-state index contributed by atoms with van der Waals surface area (Å²) in [7, 11) is 0. The van der Waals surface area contributed by atoms with Gasteiger partial charge in [-0.3, -0.25) is 0 Å². The molecule has 0 bridgehead atoms. The van der Waals surface area contributed by atoms with E-state index < -0.39 is 0 Å². The summed E-state index contributed by atoms with van der Waals surface area (Å²) in [4.78, 5) is 0. The number of ether oxygens (including phenoxy) is 1. The van der Waals surface area contributed by atoms with Crippen LogP contribution < -0.4 is 0 Å². The molecule has 0 fully saturated rings. The Hall–Kier alpha value is -1.77. The minimum absolute atomic E-state index is 0.107. The van der Waals surface area contributed by atoms with E-state index >= 15 is 0 Å². The van der Waals surface area contributed by atoms with Gasteiger partial charge in [-0.05, 0) is 28.8 Å². The molecule has 2 atom stereocenters. The van der Waals surface area contributed by atoms with Crippen molar-refractivity contribution in [3.63, 3.8) is 0 Å². The summed E-state index contributed by atoms with van der Waals surface area (Å²) in [6, 6.07) is 25.1. The highest BCUT2D eigenvalue weighted by Crippen LogP contribution is 2.33. The van der Waals surface area contributed by atoms with Gasteiger partial charge in [-0.15, -0.1) is 12.6 Å². The van der Waals surface area contributed by atoms with Crippen LogP contribution in [0.5, 0.6) is 0 Å². The molecule has 0 heterocycles. The van der Waals surface area contributed by atoms with Crippen LogP contribution in [0.4, 0.5) is 0 Å². The topological polar surface area (TPSA) is 9.23 Å². The van der Waals surface area contributed by atoms with Gasteiger partial charge in [0.05, 0.1) is 5.44 Å². The Morgan fingerprint density at radius 1 is 0.810 bits per heavy atom. The third-order valence-electron chi connectivity index (χ3n) is 3.54. The molecular formula is C19H18OS. The van der Waals surface area contributed by atoms with E-state index in [9.17, 15) is 0 Å². The molecule has 2 heteroatoms. The molecule has 1 nitrogen and oxygen atoms in total. The van der Waals surface area contributed by atoms with Crippen LogP contribution in [-0.2, 0) is 4.74 Å². The Kier molecular flexibility index (Phi) is 4.28. The fraction of sp³-hybridized carbons (Fsp3) is 0.158. The van der Waals surface area contributed by atoms with E-state index in [-0.39, 0.29) is 11.5 Å². The number of thiol groups is 1. The predicted octanol–water partition coefficient (Wildman–Crippen LogP) is 5.22. The maximum atomic E-state index is 6.09. The van der Waals surface area contributed by atoms with Gasteiger partial charge in [-0.1, -0.05) is 72.8 Å². The summed E-state index contributed by atoms with van der Waals surface area (Å²) < 4.78 is 6.09. The molecule has 0 saturated heterocycles. The Morgan fingerprint density at radius 2 is 1.48 bits per heavy atom. The fourth-order valence-corrected chi connectivity index (χ4v) is 2.76. The number of benzene rings is 3. The zero-order chi connectivity index (χ0) is 14.7. The first-order valence-electron chi connectivity index (χ1n) is 7.12. The second-order valence-electron chi connectivity index (χ2n) is 5.09. The molecular weight excluding hydrogens is 276 g/mol. The molecule has 0 saturated carbocycles. The van der Waals surface area contributed by atoms with Crippen LogP contribution >= 0.6 is 12.6 Å². The minimum Gasteiger partial charge on any atom is -0.355 e. The first kappa shape index (κ1) is 14.2. The molecule has 3 aromatic carbocycles. The van der Waals surface area contributed by atoms with E-state index in [1.165, 1.54) is 16.3 Å². The lowest BCUT2D eigenvalue weighted by Crippen LogP contribution is -2.11. The smallest absolute Gasteiger partial charge is 0.110 e. The van der Waals surface area contributed by atoms with Crippen molar-refractivity contribution >= 4 is 23.4 Å². The average Bonchev–Trinajstić information content (AvgIpc) is 2.53. The van der Waals surface area contributed by atoms with Crippen molar-refractivity contribution < 1.29 is 4.74 Å².